The first kappa shape index (κ1) is 18.6. The second-order valence-electron chi connectivity index (χ2n) is 6.97. The number of rotatable bonds is 6. The topological polar surface area (TPSA) is 73.9 Å². The molecule has 2 aromatic rings. The van der Waals surface area contributed by atoms with Crippen molar-refractivity contribution in [1.82, 2.24) is 5.32 Å². The molecule has 1 atom stereocenters. The second-order valence-corrected chi connectivity index (χ2v) is 7.40. The summed E-state index contributed by atoms with van der Waals surface area (Å²) in [6.07, 6.45) is 1.13. The number of para-hydroxylation sites is 2. The number of carbonyl (C=O) groups excluding carboxylic acids is 2. The van der Waals surface area contributed by atoms with Crippen molar-refractivity contribution in [3.05, 3.63) is 59.1 Å². The standard InChI is InChI=1S/C21H20ClNO5/c22-15-7-5-14(6-8-15)21(9-10-21)20(25)27-13-19(24)23-11-16-12-26-17-3-1-2-4-18(17)28-16/h1-8,16H,9-13H2,(H,23,24). The molecule has 146 valence electrons. The number of carbonyl (C=O) groups is 2. The highest BCUT2D eigenvalue weighted by molar-refractivity contribution is 6.30. The summed E-state index contributed by atoms with van der Waals surface area (Å²) in [5.74, 6) is 0.591. The van der Waals surface area contributed by atoms with Crippen LogP contribution in [0.15, 0.2) is 48.5 Å². The summed E-state index contributed by atoms with van der Waals surface area (Å²) in [4.78, 5) is 24.5. The van der Waals surface area contributed by atoms with E-state index in [2.05, 4.69) is 5.32 Å². The predicted octanol–water partition coefficient (Wildman–Crippen LogP) is 2.87. The van der Waals surface area contributed by atoms with E-state index in [0.717, 1.165) is 5.56 Å². The third kappa shape index (κ3) is 3.92. The molecule has 0 spiro atoms. The normalized spacial score (nSPS) is 18.8. The minimum Gasteiger partial charge on any atom is -0.486 e. The van der Waals surface area contributed by atoms with Crippen LogP contribution in [0.25, 0.3) is 0 Å². The molecule has 2 aromatic carbocycles. The summed E-state index contributed by atoms with van der Waals surface area (Å²) in [5, 5.41) is 3.33. The van der Waals surface area contributed by atoms with Gasteiger partial charge >= 0.3 is 5.97 Å². The zero-order chi connectivity index (χ0) is 19.6. The monoisotopic (exact) mass is 401 g/mol. The van der Waals surface area contributed by atoms with Crippen LogP contribution in [0, 0.1) is 0 Å². The van der Waals surface area contributed by atoms with E-state index in [0.29, 0.717) is 36.0 Å². The maximum Gasteiger partial charge on any atom is 0.317 e. The van der Waals surface area contributed by atoms with Crippen molar-refractivity contribution in [2.75, 3.05) is 19.8 Å². The number of fused-ring (bicyclic) bond motifs is 1. The molecular weight excluding hydrogens is 382 g/mol. The van der Waals surface area contributed by atoms with Crippen LogP contribution in [0.3, 0.4) is 0 Å². The molecule has 0 saturated heterocycles. The first-order chi connectivity index (χ1) is 13.6. The SMILES string of the molecule is O=C(COC(=O)C1(c2ccc(Cl)cc2)CC1)NCC1COc2ccccc2O1. The van der Waals surface area contributed by atoms with E-state index in [1.165, 1.54) is 0 Å². The number of hydrogen-bond donors (Lipinski definition) is 1. The van der Waals surface area contributed by atoms with Crippen LogP contribution in [-0.4, -0.2) is 37.7 Å². The third-order valence-electron chi connectivity index (χ3n) is 4.97. The summed E-state index contributed by atoms with van der Waals surface area (Å²) in [6.45, 7) is 0.294. The first-order valence-electron chi connectivity index (χ1n) is 9.15. The van der Waals surface area contributed by atoms with Crippen LogP contribution in [0.1, 0.15) is 18.4 Å². The fourth-order valence-corrected chi connectivity index (χ4v) is 3.34. The predicted molar refractivity (Wildman–Crippen MR) is 103 cm³/mol. The number of amides is 1. The Hall–Kier alpha value is -2.73. The molecule has 1 unspecified atom stereocenters. The van der Waals surface area contributed by atoms with Gasteiger partial charge in [0.1, 0.15) is 12.7 Å². The summed E-state index contributed by atoms with van der Waals surface area (Å²) >= 11 is 5.90. The number of halogens is 1. The zero-order valence-electron chi connectivity index (χ0n) is 15.2. The highest BCUT2D eigenvalue weighted by Gasteiger charge is 2.52. The van der Waals surface area contributed by atoms with Crippen LogP contribution in [0.2, 0.25) is 5.02 Å². The summed E-state index contributed by atoms with van der Waals surface area (Å²) in [5.41, 5.74) is 0.225. The molecule has 1 fully saturated rings. The van der Waals surface area contributed by atoms with Gasteiger partial charge in [0.05, 0.1) is 12.0 Å². The molecule has 7 heteroatoms. The van der Waals surface area contributed by atoms with Gasteiger partial charge in [0.2, 0.25) is 0 Å². The molecule has 0 radical (unpaired) electrons. The molecule has 1 saturated carbocycles. The van der Waals surface area contributed by atoms with Gasteiger partial charge < -0.3 is 19.5 Å². The minimum absolute atomic E-state index is 0.271. The van der Waals surface area contributed by atoms with Gasteiger partial charge in [0.25, 0.3) is 5.91 Å². The molecule has 1 heterocycles. The van der Waals surface area contributed by atoms with Gasteiger partial charge in [0.15, 0.2) is 18.1 Å². The van der Waals surface area contributed by atoms with Gasteiger partial charge in [-0.15, -0.1) is 0 Å². The Morgan fingerprint density at radius 3 is 2.54 bits per heavy atom. The fraction of sp³-hybridized carbons (Fsp3) is 0.333. The van der Waals surface area contributed by atoms with Crippen molar-refractivity contribution in [3.63, 3.8) is 0 Å². The van der Waals surface area contributed by atoms with Crippen molar-refractivity contribution in [2.24, 2.45) is 0 Å². The van der Waals surface area contributed by atoms with E-state index in [9.17, 15) is 9.59 Å². The highest BCUT2D eigenvalue weighted by atomic mass is 35.5. The van der Waals surface area contributed by atoms with Gasteiger partial charge in [-0.3, -0.25) is 9.59 Å². The number of ether oxygens (including phenoxy) is 3. The molecule has 6 nitrogen and oxygen atoms in total. The van der Waals surface area contributed by atoms with E-state index in [1.54, 1.807) is 12.1 Å². The Balaban J connectivity index is 1.24. The molecule has 1 amide bonds. The van der Waals surface area contributed by atoms with Gasteiger partial charge in [0, 0.05) is 5.02 Å². The van der Waals surface area contributed by atoms with Crippen LogP contribution in [-0.2, 0) is 19.7 Å². The quantitative estimate of drug-likeness (QED) is 0.753. The Morgan fingerprint density at radius 1 is 1.11 bits per heavy atom. The fourth-order valence-electron chi connectivity index (χ4n) is 3.22. The Labute approximate surface area is 167 Å². The van der Waals surface area contributed by atoms with Crippen LogP contribution < -0.4 is 14.8 Å². The molecule has 28 heavy (non-hydrogen) atoms. The summed E-state index contributed by atoms with van der Waals surface area (Å²) in [7, 11) is 0. The van der Waals surface area contributed by atoms with E-state index < -0.39 is 5.41 Å². The molecule has 1 aliphatic heterocycles. The van der Waals surface area contributed by atoms with Crippen molar-refractivity contribution in [1.29, 1.82) is 0 Å². The average molecular weight is 402 g/mol. The number of benzene rings is 2. The largest absolute Gasteiger partial charge is 0.486 e. The smallest absolute Gasteiger partial charge is 0.317 e. The number of hydrogen-bond acceptors (Lipinski definition) is 5. The number of nitrogens with one attached hydrogen (secondary N) is 1. The molecule has 0 aromatic heterocycles. The maximum atomic E-state index is 12.5. The Bertz CT molecular complexity index is 879. The van der Waals surface area contributed by atoms with Crippen molar-refractivity contribution in [3.8, 4) is 11.5 Å². The van der Waals surface area contributed by atoms with Crippen molar-refractivity contribution < 1.29 is 23.8 Å². The van der Waals surface area contributed by atoms with Gasteiger partial charge in [-0.25, -0.2) is 0 Å². The van der Waals surface area contributed by atoms with Gasteiger partial charge in [-0.2, -0.15) is 0 Å². The van der Waals surface area contributed by atoms with E-state index in [-0.39, 0.29) is 31.1 Å². The molecule has 1 aliphatic carbocycles. The van der Waals surface area contributed by atoms with Crippen LogP contribution in [0.4, 0.5) is 0 Å². The van der Waals surface area contributed by atoms with Crippen LogP contribution in [0.5, 0.6) is 11.5 Å². The van der Waals surface area contributed by atoms with Gasteiger partial charge in [-0.05, 0) is 42.7 Å². The lowest BCUT2D eigenvalue weighted by Gasteiger charge is -2.26. The molecule has 4 rings (SSSR count). The van der Waals surface area contributed by atoms with E-state index in [1.807, 2.05) is 36.4 Å². The minimum atomic E-state index is -0.644. The lowest BCUT2D eigenvalue weighted by Crippen LogP contribution is -2.42. The highest BCUT2D eigenvalue weighted by Crippen LogP contribution is 2.49. The molecular formula is C21H20ClNO5. The lowest BCUT2D eigenvalue weighted by atomic mass is 9.96. The van der Waals surface area contributed by atoms with Crippen LogP contribution >= 0.6 is 11.6 Å². The molecule has 1 N–H and O–H groups in total. The Kier molecular flexibility index (Phi) is 5.13. The average Bonchev–Trinajstić information content (AvgIpc) is 3.53. The third-order valence-corrected chi connectivity index (χ3v) is 5.22. The van der Waals surface area contributed by atoms with Gasteiger partial charge in [-0.1, -0.05) is 35.9 Å². The molecule has 2 aliphatic rings. The van der Waals surface area contributed by atoms with E-state index in [4.69, 9.17) is 25.8 Å². The molecule has 0 bridgehead atoms. The number of esters is 1. The summed E-state index contributed by atoms with van der Waals surface area (Å²) < 4.78 is 16.6. The zero-order valence-corrected chi connectivity index (χ0v) is 15.9. The van der Waals surface area contributed by atoms with Crippen molar-refractivity contribution in [2.45, 2.75) is 24.4 Å². The van der Waals surface area contributed by atoms with Crippen molar-refractivity contribution >= 4 is 23.5 Å². The second kappa shape index (κ2) is 7.72. The van der Waals surface area contributed by atoms with E-state index >= 15 is 0 Å². The Morgan fingerprint density at radius 2 is 1.82 bits per heavy atom. The first-order valence-corrected chi connectivity index (χ1v) is 9.53. The summed E-state index contributed by atoms with van der Waals surface area (Å²) in [6, 6.07) is 14.5. The lowest BCUT2D eigenvalue weighted by molar-refractivity contribution is -0.151. The maximum absolute atomic E-state index is 12.5.